The highest BCUT2D eigenvalue weighted by molar-refractivity contribution is 5.15. The number of hydrogen-bond acceptors (Lipinski definition) is 12. The standard InChI is InChI=1S/C24H42O12/c1-12-7-14(8-22(3,4)24(12,32)6-5-13(2)26)35-20-18(29)17(28)16(27)15(36-20)9-33-21-19(30)23(31,10-25)11-34-21/h5-6,12-21,25-32H,7-11H2,1-4H3/b6-5+/t12-,13-,14+,15-,16-,17+,18-,19+,20-,21-,23-,24-/m1/s1. The quantitative estimate of drug-likeness (QED) is 0.160. The van der Waals surface area contributed by atoms with E-state index < -0.39 is 78.5 Å². The second kappa shape index (κ2) is 11.2. The van der Waals surface area contributed by atoms with Crippen LogP contribution in [0.3, 0.4) is 0 Å². The Bertz CT molecular complexity index is 761. The Labute approximate surface area is 210 Å². The first-order chi connectivity index (χ1) is 16.6. The predicted octanol–water partition coefficient (Wildman–Crippen LogP) is -2.24. The lowest BCUT2D eigenvalue weighted by atomic mass is 9.59. The van der Waals surface area contributed by atoms with E-state index >= 15 is 0 Å². The number of aliphatic hydroxyl groups is 8. The largest absolute Gasteiger partial charge is 0.393 e. The Morgan fingerprint density at radius 2 is 1.72 bits per heavy atom. The molecule has 0 bridgehead atoms. The lowest BCUT2D eigenvalue weighted by Crippen LogP contribution is -2.61. The summed E-state index contributed by atoms with van der Waals surface area (Å²) in [6.45, 7) is 5.74. The van der Waals surface area contributed by atoms with Crippen LogP contribution in [0.2, 0.25) is 0 Å². The monoisotopic (exact) mass is 522 g/mol. The van der Waals surface area contributed by atoms with Crippen LogP contribution in [0, 0.1) is 11.3 Å². The molecule has 2 saturated heterocycles. The normalized spacial score (nSPS) is 48.4. The van der Waals surface area contributed by atoms with Gasteiger partial charge in [-0.1, -0.05) is 32.9 Å². The Kier molecular flexibility index (Phi) is 9.25. The van der Waals surface area contributed by atoms with E-state index in [0.717, 1.165) is 0 Å². The molecule has 3 rings (SSSR count). The van der Waals surface area contributed by atoms with Crippen molar-refractivity contribution in [3.63, 3.8) is 0 Å². The van der Waals surface area contributed by atoms with E-state index in [9.17, 15) is 40.9 Å². The molecule has 210 valence electrons. The molecule has 0 amide bonds. The van der Waals surface area contributed by atoms with E-state index in [1.165, 1.54) is 0 Å². The summed E-state index contributed by atoms with van der Waals surface area (Å²) in [4.78, 5) is 0. The van der Waals surface area contributed by atoms with Crippen LogP contribution in [0.4, 0.5) is 0 Å². The molecule has 2 aliphatic heterocycles. The zero-order chi connectivity index (χ0) is 27.1. The lowest BCUT2D eigenvalue weighted by molar-refractivity contribution is -0.325. The van der Waals surface area contributed by atoms with E-state index in [1.807, 2.05) is 20.8 Å². The van der Waals surface area contributed by atoms with Crippen LogP contribution in [0.5, 0.6) is 0 Å². The highest BCUT2D eigenvalue weighted by Gasteiger charge is 2.53. The third kappa shape index (κ3) is 5.80. The maximum atomic E-state index is 11.4. The molecule has 1 aliphatic carbocycles. The Hall–Kier alpha value is -0.740. The van der Waals surface area contributed by atoms with Gasteiger partial charge in [0.2, 0.25) is 0 Å². The fourth-order valence-electron chi connectivity index (χ4n) is 5.32. The second-order valence-electron chi connectivity index (χ2n) is 11.1. The van der Waals surface area contributed by atoms with Crippen molar-refractivity contribution in [3.05, 3.63) is 12.2 Å². The molecular formula is C24H42O12. The van der Waals surface area contributed by atoms with Crippen LogP contribution in [0.25, 0.3) is 0 Å². The molecule has 8 N–H and O–H groups in total. The van der Waals surface area contributed by atoms with E-state index in [4.69, 9.17) is 18.9 Å². The zero-order valence-electron chi connectivity index (χ0n) is 21.2. The maximum absolute atomic E-state index is 11.4. The molecule has 0 aromatic rings. The maximum Gasteiger partial charge on any atom is 0.186 e. The van der Waals surface area contributed by atoms with Crippen molar-refractivity contribution in [1.29, 1.82) is 0 Å². The van der Waals surface area contributed by atoms with Crippen LogP contribution in [0.1, 0.15) is 40.5 Å². The molecule has 36 heavy (non-hydrogen) atoms. The van der Waals surface area contributed by atoms with Crippen molar-refractivity contribution >= 4 is 0 Å². The van der Waals surface area contributed by atoms with E-state index in [-0.39, 0.29) is 19.1 Å². The number of ether oxygens (including phenoxy) is 4. The van der Waals surface area contributed by atoms with Crippen molar-refractivity contribution < 1.29 is 59.8 Å². The molecule has 12 heteroatoms. The fourth-order valence-corrected chi connectivity index (χ4v) is 5.32. The molecule has 0 radical (unpaired) electrons. The minimum absolute atomic E-state index is 0.275. The minimum atomic E-state index is -1.88. The summed E-state index contributed by atoms with van der Waals surface area (Å²) >= 11 is 0. The second-order valence-corrected chi connectivity index (χ2v) is 11.1. The summed E-state index contributed by atoms with van der Waals surface area (Å²) in [5.41, 5.74) is -3.75. The van der Waals surface area contributed by atoms with Gasteiger partial charge in [0.1, 0.15) is 36.1 Å². The van der Waals surface area contributed by atoms with E-state index in [0.29, 0.717) is 12.8 Å². The molecule has 0 unspecified atom stereocenters. The van der Waals surface area contributed by atoms with Gasteiger partial charge in [-0.15, -0.1) is 0 Å². The van der Waals surface area contributed by atoms with E-state index in [1.54, 1.807) is 19.1 Å². The highest BCUT2D eigenvalue weighted by Crippen LogP contribution is 2.49. The lowest BCUT2D eigenvalue weighted by Gasteiger charge is -2.52. The first-order valence-corrected chi connectivity index (χ1v) is 12.3. The number of rotatable bonds is 8. The van der Waals surface area contributed by atoms with Gasteiger partial charge in [-0.25, -0.2) is 0 Å². The number of hydrogen-bond donors (Lipinski definition) is 8. The van der Waals surface area contributed by atoms with Crippen molar-refractivity contribution in [1.82, 2.24) is 0 Å². The first-order valence-electron chi connectivity index (χ1n) is 12.3. The van der Waals surface area contributed by atoms with Gasteiger partial charge in [0, 0.05) is 0 Å². The summed E-state index contributed by atoms with van der Waals surface area (Å²) in [5, 5.41) is 81.8. The Morgan fingerprint density at radius 1 is 1.06 bits per heavy atom. The Morgan fingerprint density at radius 3 is 2.28 bits per heavy atom. The summed E-state index contributed by atoms with van der Waals surface area (Å²) in [6.07, 6.45) is -7.24. The van der Waals surface area contributed by atoms with Crippen LogP contribution in [0.15, 0.2) is 12.2 Å². The third-order valence-electron chi connectivity index (χ3n) is 7.82. The summed E-state index contributed by atoms with van der Waals surface area (Å²) < 4.78 is 22.4. The smallest absolute Gasteiger partial charge is 0.186 e. The van der Waals surface area contributed by atoms with Crippen molar-refractivity contribution in [2.45, 2.75) is 107 Å². The molecule has 1 saturated carbocycles. The topological polar surface area (TPSA) is 199 Å². The molecule has 2 heterocycles. The molecule has 0 aromatic heterocycles. The van der Waals surface area contributed by atoms with E-state index in [2.05, 4.69) is 0 Å². The van der Waals surface area contributed by atoms with Crippen molar-refractivity contribution in [2.24, 2.45) is 11.3 Å². The van der Waals surface area contributed by atoms with Gasteiger partial charge in [-0.05, 0) is 31.1 Å². The molecule has 12 nitrogen and oxygen atoms in total. The average molecular weight is 523 g/mol. The summed E-state index contributed by atoms with van der Waals surface area (Å²) in [7, 11) is 0. The molecule has 3 fully saturated rings. The van der Waals surface area contributed by atoms with Crippen molar-refractivity contribution in [2.75, 3.05) is 19.8 Å². The van der Waals surface area contributed by atoms with Gasteiger partial charge >= 0.3 is 0 Å². The third-order valence-corrected chi connectivity index (χ3v) is 7.82. The molecule has 3 aliphatic rings. The van der Waals surface area contributed by atoms with Gasteiger partial charge in [0.05, 0.1) is 37.6 Å². The molecule has 0 aromatic carbocycles. The van der Waals surface area contributed by atoms with Crippen LogP contribution in [-0.2, 0) is 18.9 Å². The summed E-state index contributed by atoms with van der Waals surface area (Å²) in [6, 6.07) is 0. The molecule has 12 atom stereocenters. The minimum Gasteiger partial charge on any atom is -0.393 e. The fraction of sp³-hybridized carbons (Fsp3) is 0.917. The SMILES string of the molecule is C[C@@H]1C[C@H](O[C@@H]2O[C@H](CO[C@@H]3OC[C@](O)(CO)[C@H]3O)[C@@H](O)[C@H](O)[C@H]2O)CC(C)(C)[C@@]1(O)/C=C/[C@@H](C)O. The van der Waals surface area contributed by atoms with Crippen LogP contribution in [-0.4, -0.2) is 127 Å². The highest BCUT2D eigenvalue weighted by atomic mass is 16.7. The van der Waals surface area contributed by atoms with Gasteiger partial charge < -0.3 is 59.8 Å². The number of aliphatic hydroxyl groups excluding tert-OH is 6. The Balaban J connectivity index is 1.64. The van der Waals surface area contributed by atoms with Crippen molar-refractivity contribution in [3.8, 4) is 0 Å². The first kappa shape index (κ1) is 29.8. The predicted molar refractivity (Wildman–Crippen MR) is 123 cm³/mol. The van der Waals surface area contributed by atoms with Gasteiger partial charge in [-0.3, -0.25) is 0 Å². The van der Waals surface area contributed by atoms with Crippen LogP contribution >= 0.6 is 0 Å². The van der Waals surface area contributed by atoms with Crippen LogP contribution < -0.4 is 0 Å². The molecular weight excluding hydrogens is 480 g/mol. The van der Waals surface area contributed by atoms with Gasteiger partial charge in [0.15, 0.2) is 12.6 Å². The zero-order valence-corrected chi connectivity index (χ0v) is 21.2. The molecule has 0 spiro atoms. The average Bonchev–Trinajstić information content (AvgIpc) is 3.09. The van der Waals surface area contributed by atoms with Gasteiger partial charge in [-0.2, -0.15) is 0 Å². The summed E-state index contributed by atoms with van der Waals surface area (Å²) in [5.74, 6) is -0.275. The van der Waals surface area contributed by atoms with Gasteiger partial charge in [0.25, 0.3) is 0 Å².